The molecule has 2 aromatic carbocycles. The molecule has 0 aliphatic rings. The third kappa shape index (κ3) is 5.26. The number of benzene rings is 2. The Labute approximate surface area is 187 Å². The fraction of sp³-hybridized carbons (Fsp3) is 0.292. The smallest absolute Gasteiger partial charge is 0.407 e. The summed E-state index contributed by atoms with van der Waals surface area (Å²) in [6.45, 7) is 5.58. The first kappa shape index (κ1) is 22.9. The number of amides is 2. The molecule has 0 saturated heterocycles. The number of rotatable bonds is 7. The van der Waals surface area contributed by atoms with Crippen LogP contribution >= 0.6 is 0 Å². The molecular weight excluding hydrogens is 408 g/mol. The average Bonchev–Trinajstić information content (AvgIpc) is 3.30. The third-order valence-electron chi connectivity index (χ3n) is 5.19. The maximum Gasteiger partial charge on any atom is 0.407 e. The minimum absolute atomic E-state index is 0.110. The molecule has 2 amide bonds. The number of hydrogen-bond donors (Lipinski definition) is 3. The van der Waals surface area contributed by atoms with Crippen molar-refractivity contribution in [2.45, 2.75) is 32.4 Å². The standard InChI is InChI=1S/C24H28N4O4/c1-24(2,3)28(23(30)31)15-20(16-8-6-5-7-9-16)27-22(29)17-10-11-19(21(12-17)32-4)18-13-25-26-14-18/h5-14,20H,15H2,1-4H3,(H,25,26)(H,27,29)(H,30,31). The first-order valence-electron chi connectivity index (χ1n) is 10.2. The number of methoxy groups -OCH3 is 1. The first-order valence-corrected chi connectivity index (χ1v) is 10.2. The molecule has 8 nitrogen and oxygen atoms in total. The van der Waals surface area contributed by atoms with Crippen molar-refractivity contribution in [1.29, 1.82) is 0 Å². The fourth-order valence-electron chi connectivity index (χ4n) is 3.45. The summed E-state index contributed by atoms with van der Waals surface area (Å²) in [4.78, 5) is 26.4. The van der Waals surface area contributed by atoms with E-state index in [0.717, 1.165) is 16.7 Å². The lowest BCUT2D eigenvalue weighted by molar-refractivity contribution is 0.0822. The van der Waals surface area contributed by atoms with Gasteiger partial charge in [-0.05, 0) is 44.5 Å². The lowest BCUT2D eigenvalue weighted by atomic mass is 10.0. The Morgan fingerprint density at radius 2 is 1.91 bits per heavy atom. The van der Waals surface area contributed by atoms with E-state index < -0.39 is 17.7 Å². The zero-order chi connectivity index (χ0) is 23.3. The van der Waals surface area contributed by atoms with Crippen molar-refractivity contribution in [1.82, 2.24) is 20.4 Å². The number of aromatic nitrogens is 2. The van der Waals surface area contributed by atoms with Crippen molar-refractivity contribution in [2.24, 2.45) is 0 Å². The quantitative estimate of drug-likeness (QED) is 0.511. The number of nitrogens with zero attached hydrogens (tertiary/aromatic N) is 2. The Hall–Kier alpha value is -3.81. The fourth-order valence-corrected chi connectivity index (χ4v) is 3.45. The molecular formula is C24H28N4O4. The summed E-state index contributed by atoms with van der Waals surface area (Å²) in [5, 5.41) is 19.4. The van der Waals surface area contributed by atoms with Gasteiger partial charge in [-0.1, -0.05) is 30.3 Å². The molecule has 3 rings (SSSR count). The largest absolute Gasteiger partial charge is 0.496 e. The lowest BCUT2D eigenvalue weighted by Gasteiger charge is -2.36. The highest BCUT2D eigenvalue weighted by molar-refractivity contribution is 5.96. The second-order valence-corrected chi connectivity index (χ2v) is 8.40. The van der Waals surface area contributed by atoms with Crippen LogP contribution in [0.4, 0.5) is 4.79 Å². The van der Waals surface area contributed by atoms with Crippen molar-refractivity contribution >= 4 is 12.0 Å². The molecule has 1 heterocycles. The molecule has 3 N–H and O–H groups in total. The van der Waals surface area contributed by atoms with Crippen molar-refractivity contribution in [3.63, 3.8) is 0 Å². The SMILES string of the molecule is COc1cc(C(=O)NC(CN(C(=O)O)C(C)(C)C)c2ccccc2)ccc1-c1cn[nH]c1. The maximum atomic E-state index is 13.1. The second-order valence-electron chi connectivity index (χ2n) is 8.40. The molecule has 1 unspecified atom stereocenters. The predicted molar refractivity (Wildman–Crippen MR) is 122 cm³/mol. The minimum Gasteiger partial charge on any atom is -0.496 e. The van der Waals surface area contributed by atoms with Gasteiger partial charge in [-0.3, -0.25) is 9.89 Å². The van der Waals surface area contributed by atoms with Gasteiger partial charge in [0.25, 0.3) is 5.91 Å². The van der Waals surface area contributed by atoms with Crippen LogP contribution in [0.2, 0.25) is 0 Å². The zero-order valence-electron chi connectivity index (χ0n) is 18.6. The molecule has 0 bridgehead atoms. The van der Waals surface area contributed by atoms with Crippen LogP contribution in [0.3, 0.4) is 0 Å². The second kappa shape index (κ2) is 9.55. The number of carboxylic acid groups (broad SMARTS) is 1. The lowest BCUT2D eigenvalue weighted by Crippen LogP contribution is -2.49. The maximum absolute atomic E-state index is 13.1. The summed E-state index contributed by atoms with van der Waals surface area (Å²) < 4.78 is 5.48. The van der Waals surface area contributed by atoms with Gasteiger partial charge in [0.15, 0.2) is 0 Å². The Morgan fingerprint density at radius 1 is 1.19 bits per heavy atom. The van der Waals surface area contributed by atoms with Crippen LogP contribution in [0.25, 0.3) is 11.1 Å². The van der Waals surface area contributed by atoms with E-state index in [9.17, 15) is 14.7 Å². The zero-order valence-corrected chi connectivity index (χ0v) is 18.6. The van der Waals surface area contributed by atoms with Gasteiger partial charge in [0.05, 0.1) is 19.3 Å². The summed E-state index contributed by atoms with van der Waals surface area (Å²) in [5.74, 6) is 0.215. The number of carbonyl (C=O) groups excluding carboxylic acids is 1. The number of hydrogen-bond acceptors (Lipinski definition) is 4. The van der Waals surface area contributed by atoms with E-state index in [1.54, 1.807) is 37.7 Å². The van der Waals surface area contributed by atoms with Crippen molar-refractivity contribution < 1.29 is 19.4 Å². The number of ether oxygens (including phenoxy) is 1. The number of carbonyl (C=O) groups is 2. The van der Waals surface area contributed by atoms with Crippen molar-refractivity contribution in [2.75, 3.05) is 13.7 Å². The van der Waals surface area contributed by atoms with Crippen molar-refractivity contribution in [3.05, 3.63) is 72.1 Å². The van der Waals surface area contributed by atoms with Gasteiger partial charge < -0.3 is 20.1 Å². The Balaban J connectivity index is 1.89. The third-order valence-corrected chi connectivity index (χ3v) is 5.19. The van der Waals surface area contributed by atoms with Crippen LogP contribution in [0.15, 0.2) is 60.9 Å². The van der Waals surface area contributed by atoms with Crippen LogP contribution in [0, 0.1) is 0 Å². The molecule has 0 aliphatic carbocycles. The summed E-state index contributed by atoms with van der Waals surface area (Å²) in [6.07, 6.45) is 2.38. The van der Waals surface area contributed by atoms with Gasteiger partial charge in [-0.2, -0.15) is 5.10 Å². The highest BCUT2D eigenvalue weighted by Gasteiger charge is 2.30. The van der Waals surface area contributed by atoms with E-state index in [4.69, 9.17) is 4.74 Å². The molecule has 8 heteroatoms. The van der Waals surface area contributed by atoms with Crippen LogP contribution in [-0.4, -0.2) is 51.4 Å². The van der Waals surface area contributed by atoms with E-state index in [2.05, 4.69) is 15.5 Å². The molecule has 0 radical (unpaired) electrons. The van der Waals surface area contributed by atoms with Gasteiger partial charge >= 0.3 is 6.09 Å². The van der Waals surface area contributed by atoms with Crippen molar-refractivity contribution in [3.8, 4) is 16.9 Å². The number of aromatic amines is 1. The van der Waals surface area contributed by atoms with Gasteiger partial charge in [0, 0.05) is 35.0 Å². The van der Waals surface area contributed by atoms with E-state index in [1.165, 1.54) is 4.90 Å². The highest BCUT2D eigenvalue weighted by atomic mass is 16.5. The summed E-state index contributed by atoms with van der Waals surface area (Å²) >= 11 is 0. The molecule has 0 spiro atoms. The van der Waals surface area contributed by atoms with Gasteiger partial charge in [0.2, 0.25) is 0 Å². The topological polar surface area (TPSA) is 108 Å². The number of H-pyrrole nitrogens is 1. The summed E-state index contributed by atoms with van der Waals surface area (Å²) in [7, 11) is 1.54. The Morgan fingerprint density at radius 3 is 2.47 bits per heavy atom. The molecule has 0 fully saturated rings. The average molecular weight is 437 g/mol. The number of nitrogens with one attached hydrogen (secondary N) is 2. The van der Waals surface area contributed by atoms with E-state index in [0.29, 0.717) is 11.3 Å². The molecule has 3 aromatic rings. The van der Waals surface area contributed by atoms with Crippen LogP contribution in [0.1, 0.15) is 42.7 Å². The Bertz CT molecular complexity index is 1060. The van der Waals surface area contributed by atoms with Gasteiger partial charge in [-0.25, -0.2) is 4.79 Å². The predicted octanol–water partition coefficient (Wildman–Crippen LogP) is 4.33. The summed E-state index contributed by atoms with van der Waals surface area (Å²) in [5.41, 5.74) is 2.26. The Kier molecular flexibility index (Phi) is 6.82. The molecule has 0 saturated carbocycles. The normalized spacial score (nSPS) is 12.1. The summed E-state index contributed by atoms with van der Waals surface area (Å²) in [6, 6.07) is 14.0. The molecule has 1 atom stereocenters. The molecule has 0 aliphatic heterocycles. The van der Waals surface area contributed by atoms with Crippen LogP contribution in [-0.2, 0) is 0 Å². The van der Waals surface area contributed by atoms with E-state index in [-0.39, 0.29) is 12.5 Å². The highest BCUT2D eigenvalue weighted by Crippen LogP contribution is 2.30. The minimum atomic E-state index is -1.04. The molecule has 1 aromatic heterocycles. The molecule has 32 heavy (non-hydrogen) atoms. The van der Waals surface area contributed by atoms with E-state index in [1.807, 2.05) is 51.1 Å². The monoisotopic (exact) mass is 436 g/mol. The van der Waals surface area contributed by atoms with Crippen LogP contribution < -0.4 is 10.1 Å². The first-order chi connectivity index (χ1) is 15.2. The van der Waals surface area contributed by atoms with Crippen LogP contribution in [0.5, 0.6) is 5.75 Å². The van der Waals surface area contributed by atoms with Gasteiger partial charge in [0.1, 0.15) is 5.75 Å². The van der Waals surface area contributed by atoms with E-state index >= 15 is 0 Å². The molecule has 168 valence electrons. The van der Waals surface area contributed by atoms with Gasteiger partial charge in [-0.15, -0.1) is 0 Å².